The maximum absolute atomic E-state index is 12.5. The smallest absolute Gasteiger partial charge is 0.239 e. The molecule has 0 aromatic carbocycles. The molecule has 0 aromatic rings. The Morgan fingerprint density at radius 3 is 2.25 bits per heavy atom. The molecule has 0 spiro atoms. The molecule has 1 saturated heterocycles. The van der Waals surface area contributed by atoms with E-state index in [0.29, 0.717) is 11.9 Å². The van der Waals surface area contributed by atoms with Crippen molar-refractivity contribution in [2.24, 2.45) is 0 Å². The van der Waals surface area contributed by atoms with Gasteiger partial charge in [0.1, 0.15) is 0 Å². The Labute approximate surface area is 135 Å². The van der Waals surface area contributed by atoms with Crippen molar-refractivity contribution in [2.75, 3.05) is 33.2 Å². The summed E-state index contributed by atoms with van der Waals surface area (Å²) in [7, 11) is 2.00. The summed E-state index contributed by atoms with van der Waals surface area (Å²) in [5.74, 6) is 0.309. The van der Waals surface area contributed by atoms with Crippen LogP contribution in [0, 0.1) is 0 Å². The third-order valence-electron chi connectivity index (χ3n) is 4.53. The fourth-order valence-electron chi connectivity index (χ4n) is 3.17. The molecule has 1 saturated carbocycles. The van der Waals surface area contributed by atoms with Gasteiger partial charge in [0.15, 0.2) is 0 Å². The summed E-state index contributed by atoms with van der Waals surface area (Å²) in [5.41, 5.74) is 0. The van der Waals surface area contributed by atoms with E-state index < -0.39 is 0 Å². The number of rotatable bonds is 3. The van der Waals surface area contributed by atoms with Crippen LogP contribution >= 0.6 is 24.8 Å². The first-order valence-electron chi connectivity index (χ1n) is 7.41. The molecular weight excluding hydrogens is 297 g/mol. The number of carbonyl (C=O) groups excluding carboxylic acids is 1. The van der Waals surface area contributed by atoms with E-state index in [4.69, 9.17) is 0 Å². The van der Waals surface area contributed by atoms with Crippen molar-refractivity contribution < 1.29 is 4.79 Å². The van der Waals surface area contributed by atoms with Crippen LogP contribution in [0.15, 0.2) is 0 Å². The second-order valence-electron chi connectivity index (χ2n) is 5.70. The van der Waals surface area contributed by atoms with Gasteiger partial charge in [-0.1, -0.05) is 19.3 Å². The summed E-state index contributed by atoms with van der Waals surface area (Å²) >= 11 is 0. The molecule has 4 nitrogen and oxygen atoms in total. The Morgan fingerprint density at radius 2 is 1.70 bits per heavy atom. The van der Waals surface area contributed by atoms with E-state index in [-0.39, 0.29) is 30.9 Å². The number of nitrogens with one attached hydrogen (secondary N) is 1. The molecule has 120 valence electrons. The number of nitrogens with zero attached hydrogens (tertiary/aromatic N) is 2. The van der Waals surface area contributed by atoms with E-state index >= 15 is 0 Å². The molecule has 2 rings (SSSR count). The van der Waals surface area contributed by atoms with Crippen molar-refractivity contribution in [2.45, 2.75) is 51.1 Å². The van der Waals surface area contributed by atoms with Crippen molar-refractivity contribution >= 4 is 30.7 Å². The Morgan fingerprint density at radius 1 is 1.15 bits per heavy atom. The van der Waals surface area contributed by atoms with Crippen molar-refractivity contribution in [1.29, 1.82) is 0 Å². The van der Waals surface area contributed by atoms with E-state index in [9.17, 15) is 4.79 Å². The lowest BCUT2D eigenvalue weighted by molar-refractivity contribution is -0.138. The number of carbonyl (C=O) groups is 1. The van der Waals surface area contributed by atoms with Gasteiger partial charge in [-0.25, -0.2) is 0 Å². The van der Waals surface area contributed by atoms with Gasteiger partial charge in [-0.15, -0.1) is 24.8 Å². The highest BCUT2D eigenvalue weighted by Crippen LogP contribution is 2.22. The molecule has 1 unspecified atom stereocenters. The normalized spacial score (nSPS) is 22.3. The van der Waals surface area contributed by atoms with Crippen LogP contribution in [0.2, 0.25) is 0 Å². The molecule has 0 aromatic heterocycles. The van der Waals surface area contributed by atoms with Crippen LogP contribution in [0.3, 0.4) is 0 Å². The zero-order valence-corrected chi connectivity index (χ0v) is 14.3. The molecule has 2 fully saturated rings. The fourth-order valence-corrected chi connectivity index (χ4v) is 3.17. The number of hydrogen-bond donors (Lipinski definition) is 1. The van der Waals surface area contributed by atoms with Crippen molar-refractivity contribution in [3.63, 3.8) is 0 Å². The predicted octanol–water partition coefficient (Wildman–Crippen LogP) is 1.91. The third-order valence-corrected chi connectivity index (χ3v) is 4.53. The molecule has 1 N–H and O–H groups in total. The number of halogens is 2. The number of hydrogen-bond acceptors (Lipinski definition) is 3. The number of likely N-dealkylation sites (N-methyl/N-ethyl adjacent to an activating group) is 1. The van der Waals surface area contributed by atoms with Gasteiger partial charge in [-0.3, -0.25) is 9.69 Å². The molecule has 1 heterocycles. The summed E-state index contributed by atoms with van der Waals surface area (Å²) in [6.07, 6.45) is 6.29. The molecule has 2 aliphatic rings. The van der Waals surface area contributed by atoms with E-state index in [1.165, 1.54) is 32.1 Å². The minimum Gasteiger partial charge on any atom is -0.341 e. The lowest BCUT2D eigenvalue weighted by Gasteiger charge is -2.37. The van der Waals surface area contributed by atoms with Gasteiger partial charge in [0.2, 0.25) is 5.91 Å². The largest absolute Gasteiger partial charge is 0.341 e. The Bertz CT molecular complexity index is 254. The predicted molar refractivity (Wildman–Crippen MR) is 88.0 cm³/mol. The maximum Gasteiger partial charge on any atom is 0.239 e. The first-order chi connectivity index (χ1) is 8.70. The van der Waals surface area contributed by atoms with Gasteiger partial charge in [0.25, 0.3) is 0 Å². The van der Waals surface area contributed by atoms with Crippen molar-refractivity contribution in [1.82, 2.24) is 15.1 Å². The highest BCUT2D eigenvalue weighted by molar-refractivity contribution is 5.85. The summed E-state index contributed by atoms with van der Waals surface area (Å²) < 4.78 is 0. The summed E-state index contributed by atoms with van der Waals surface area (Å²) in [6, 6.07) is 0.524. The first kappa shape index (κ1) is 20.0. The standard InChI is InChI=1S/C14H27N3O.2ClH/c1-12(17-10-8-15-9-11-17)14(18)16(2)13-6-4-3-5-7-13;;/h12-13,15H,3-11H2,1-2H3;2*1H. The third kappa shape index (κ3) is 5.06. The average molecular weight is 326 g/mol. The molecule has 1 aliphatic heterocycles. The fraction of sp³-hybridized carbons (Fsp3) is 0.929. The minimum atomic E-state index is 0. The van der Waals surface area contributed by atoms with Crippen LogP contribution in [-0.4, -0.2) is 61.0 Å². The molecule has 1 atom stereocenters. The zero-order chi connectivity index (χ0) is 13.0. The van der Waals surface area contributed by atoms with E-state index in [1.807, 2.05) is 11.9 Å². The highest BCUT2D eigenvalue weighted by Gasteiger charge is 2.29. The number of piperazine rings is 1. The second-order valence-corrected chi connectivity index (χ2v) is 5.70. The molecule has 0 bridgehead atoms. The van der Waals surface area contributed by atoms with Crippen molar-refractivity contribution in [3.05, 3.63) is 0 Å². The highest BCUT2D eigenvalue weighted by atomic mass is 35.5. The van der Waals surface area contributed by atoms with Gasteiger partial charge >= 0.3 is 0 Å². The first-order valence-corrected chi connectivity index (χ1v) is 7.41. The topological polar surface area (TPSA) is 35.6 Å². The van der Waals surface area contributed by atoms with Crippen LogP contribution in [0.1, 0.15) is 39.0 Å². The SMILES string of the molecule is CC(C(=O)N(C)C1CCCCC1)N1CCNCC1.Cl.Cl. The Hall–Kier alpha value is -0.0300. The maximum atomic E-state index is 12.5. The van der Waals surface area contributed by atoms with Gasteiger partial charge < -0.3 is 10.2 Å². The van der Waals surface area contributed by atoms with E-state index in [0.717, 1.165) is 26.2 Å². The van der Waals surface area contributed by atoms with Crippen LogP contribution < -0.4 is 5.32 Å². The molecule has 0 radical (unpaired) electrons. The Kier molecular flexibility index (Phi) is 9.81. The zero-order valence-electron chi connectivity index (χ0n) is 12.6. The van der Waals surface area contributed by atoms with Crippen LogP contribution in [0.25, 0.3) is 0 Å². The Balaban J connectivity index is 0.00000180. The number of amides is 1. The van der Waals surface area contributed by atoms with E-state index in [2.05, 4.69) is 17.1 Å². The van der Waals surface area contributed by atoms with Crippen LogP contribution in [-0.2, 0) is 4.79 Å². The lowest BCUT2D eigenvalue weighted by atomic mass is 9.94. The molecular formula is C14H29Cl2N3O. The molecule has 20 heavy (non-hydrogen) atoms. The van der Waals surface area contributed by atoms with Gasteiger partial charge in [-0.2, -0.15) is 0 Å². The second kappa shape index (κ2) is 9.82. The van der Waals surface area contributed by atoms with Gasteiger partial charge in [-0.05, 0) is 19.8 Å². The lowest BCUT2D eigenvalue weighted by Crippen LogP contribution is -2.54. The monoisotopic (exact) mass is 325 g/mol. The summed E-state index contributed by atoms with van der Waals surface area (Å²) in [6.45, 7) is 6.05. The summed E-state index contributed by atoms with van der Waals surface area (Å²) in [5, 5.41) is 3.33. The van der Waals surface area contributed by atoms with Crippen molar-refractivity contribution in [3.8, 4) is 0 Å². The van der Waals surface area contributed by atoms with Crippen LogP contribution in [0.5, 0.6) is 0 Å². The van der Waals surface area contributed by atoms with Gasteiger partial charge in [0.05, 0.1) is 6.04 Å². The minimum absolute atomic E-state index is 0. The molecule has 1 amide bonds. The quantitative estimate of drug-likeness (QED) is 0.861. The molecule has 6 heteroatoms. The van der Waals surface area contributed by atoms with Gasteiger partial charge in [0, 0.05) is 39.3 Å². The average Bonchev–Trinajstić information content (AvgIpc) is 2.47. The van der Waals surface area contributed by atoms with Crippen LogP contribution in [0.4, 0.5) is 0 Å². The molecule has 1 aliphatic carbocycles. The van der Waals surface area contributed by atoms with E-state index in [1.54, 1.807) is 0 Å². The summed E-state index contributed by atoms with van der Waals surface area (Å²) in [4.78, 5) is 16.8.